The molecule has 1 nitrogen and oxygen atoms in total. The molecule has 0 heterocycles. The third kappa shape index (κ3) is 6.95. The lowest BCUT2D eigenvalue weighted by atomic mass is 11.8. The van der Waals surface area contributed by atoms with E-state index in [1.54, 1.807) is 0 Å². The Balaban J connectivity index is 3.99. The number of hydrogen-bond donors (Lipinski definition) is 0. The van der Waals surface area contributed by atoms with Crippen LogP contribution >= 0.6 is 47.8 Å². The maximum atomic E-state index is 5.94. The molecule has 0 radical (unpaired) electrons. The highest BCUT2D eigenvalue weighted by molar-refractivity contribution is 9.40. The zero-order valence-corrected chi connectivity index (χ0v) is 14.0. The van der Waals surface area contributed by atoms with Crippen LogP contribution in [0.3, 0.4) is 0 Å². The van der Waals surface area contributed by atoms with E-state index in [1.165, 1.54) is 0 Å². The zero-order valence-electron chi connectivity index (χ0n) is 7.12. The van der Waals surface area contributed by atoms with Crippen LogP contribution in [0.4, 0.5) is 0 Å². The molecule has 0 aliphatic rings. The highest BCUT2D eigenvalue weighted by atomic mass is 80.0. The van der Waals surface area contributed by atoms with E-state index in [9.17, 15) is 0 Å². The summed E-state index contributed by atoms with van der Waals surface area (Å²) in [6, 6.07) is 0. The molecule has 0 aromatic carbocycles. The maximum Gasteiger partial charge on any atom is 0.201 e. The Morgan fingerprint density at radius 1 is 1.18 bits per heavy atom. The van der Waals surface area contributed by atoms with E-state index in [0.717, 1.165) is 0 Å². The van der Waals surface area contributed by atoms with Crippen LogP contribution in [-0.4, -0.2) is 19.1 Å². The molecule has 0 spiro atoms. The number of halogens is 3. The quantitative estimate of drug-likeness (QED) is 0.522. The van der Waals surface area contributed by atoms with Gasteiger partial charge >= 0.3 is 0 Å². The normalized spacial score (nSPS) is 16.6. The first-order valence-electron chi connectivity index (χ1n) is 3.37. The van der Waals surface area contributed by atoms with Gasteiger partial charge in [0.2, 0.25) is 9.04 Å². The molecule has 6 heteroatoms. The van der Waals surface area contributed by atoms with Crippen LogP contribution in [0.25, 0.3) is 0 Å². The van der Waals surface area contributed by atoms with Gasteiger partial charge in [0, 0.05) is 0 Å². The van der Waals surface area contributed by atoms with E-state index in [2.05, 4.69) is 74.0 Å². The molecule has 0 fully saturated rings. The minimum absolute atomic E-state index is 0.146. The van der Waals surface area contributed by atoms with Crippen molar-refractivity contribution in [1.82, 2.24) is 0 Å². The van der Waals surface area contributed by atoms with Gasteiger partial charge in [-0.05, 0) is 26.2 Å². The highest BCUT2D eigenvalue weighted by Crippen LogP contribution is 2.37. The molecular weight excluding hydrogens is 372 g/mol. The molecule has 11 heavy (non-hydrogen) atoms. The van der Waals surface area contributed by atoms with Gasteiger partial charge in [-0.2, -0.15) is 0 Å². The van der Waals surface area contributed by atoms with Crippen molar-refractivity contribution in [3.8, 4) is 0 Å². The molecule has 0 aromatic heterocycles. The average molecular weight is 385 g/mol. The molecule has 68 valence electrons. The zero-order chi connectivity index (χ0) is 9.28. The molecule has 1 atom stereocenters. The fraction of sp³-hybridized carbons (Fsp3) is 1.00. The van der Waals surface area contributed by atoms with Crippen molar-refractivity contribution in [2.45, 2.75) is 28.0 Å². The molecular formula is C5H13Br3OSi2. The fourth-order valence-electron chi connectivity index (χ4n) is 0.597. The van der Waals surface area contributed by atoms with Gasteiger partial charge in [0.25, 0.3) is 0 Å². The third-order valence-electron chi connectivity index (χ3n) is 0.991. The van der Waals surface area contributed by atoms with Gasteiger partial charge in [0.05, 0.1) is 0 Å². The molecule has 0 amide bonds. The van der Waals surface area contributed by atoms with Crippen molar-refractivity contribution in [2.75, 3.05) is 0 Å². The van der Waals surface area contributed by atoms with Crippen molar-refractivity contribution in [1.29, 1.82) is 0 Å². The fourth-order valence-corrected chi connectivity index (χ4v) is 7.90. The highest BCUT2D eigenvalue weighted by Gasteiger charge is 2.33. The average Bonchev–Trinajstić information content (AvgIpc) is 1.56. The summed E-state index contributed by atoms with van der Waals surface area (Å²) in [7, 11) is -2.56. The first kappa shape index (κ1) is 12.8. The first-order valence-corrected chi connectivity index (χ1v) is 11.4. The Labute approximate surface area is 96.5 Å². The third-order valence-corrected chi connectivity index (χ3v) is 12.0. The summed E-state index contributed by atoms with van der Waals surface area (Å²) < 4.78 is 5.79. The molecule has 0 N–H and O–H groups in total. The summed E-state index contributed by atoms with van der Waals surface area (Å²) in [6.45, 7) is 8.77. The summed E-state index contributed by atoms with van der Waals surface area (Å²) in [5.41, 5.74) is 0. The minimum atomic E-state index is -1.36. The van der Waals surface area contributed by atoms with E-state index in [-0.39, 0.29) is 1.77 Å². The minimum Gasteiger partial charge on any atom is -0.456 e. The second-order valence-corrected chi connectivity index (χ2v) is 20.2. The van der Waals surface area contributed by atoms with Crippen molar-refractivity contribution in [3.05, 3.63) is 0 Å². The van der Waals surface area contributed by atoms with Crippen molar-refractivity contribution < 1.29 is 4.12 Å². The van der Waals surface area contributed by atoms with Crippen LogP contribution in [0, 0.1) is 0 Å². The van der Waals surface area contributed by atoms with Gasteiger partial charge in [0.1, 0.15) is 1.77 Å². The van der Waals surface area contributed by atoms with E-state index >= 15 is 0 Å². The van der Waals surface area contributed by atoms with Crippen LogP contribution in [0.1, 0.15) is 0 Å². The van der Waals surface area contributed by atoms with Gasteiger partial charge < -0.3 is 4.12 Å². The topological polar surface area (TPSA) is 9.23 Å². The molecule has 0 aliphatic carbocycles. The number of rotatable bonds is 2. The smallest absolute Gasteiger partial charge is 0.201 e. The summed E-state index contributed by atoms with van der Waals surface area (Å²) in [4.78, 5) is 0. The first-order chi connectivity index (χ1) is 4.63. The van der Waals surface area contributed by atoms with E-state index in [0.29, 0.717) is 0 Å². The second-order valence-electron chi connectivity index (χ2n) is 3.41. The van der Waals surface area contributed by atoms with Crippen LogP contribution < -0.4 is 0 Å². The van der Waals surface area contributed by atoms with E-state index in [4.69, 9.17) is 4.12 Å². The van der Waals surface area contributed by atoms with Gasteiger partial charge in [-0.3, -0.25) is 0 Å². The summed E-state index contributed by atoms with van der Waals surface area (Å²) in [5, 5.41) is 0. The largest absolute Gasteiger partial charge is 0.456 e. The predicted molar refractivity (Wildman–Crippen MR) is 67.0 cm³/mol. The van der Waals surface area contributed by atoms with E-state index < -0.39 is 17.4 Å². The van der Waals surface area contributed by atoms with Gasteiger partial charge in [-0.1, -0.05) is 47.8 Å². The van der Waals surface area contributed by atoms with Crippen molar-refractivity contribution in [3.63, 3.8) is 0 Å². The Morgan fingerprint density at radius 2 is 1.55 bits per heavy atom. The van der Waals surface area contributed by atoms with Crippen LogP contribution in [0.2, 0.25) is 26.2 Å². The summed E-state index contributed by atoms with van der Waals surface area (Å²) in [5.74, 6) is 0. The second kappa shape index (κ2) is 4.37. The number of hydrogen-bond acceptors (Lipinski definition) is 1. The maximum absolute atomic E-state index is 5.94. The lowest BCUT2D eigenvalue weighted by molar-refractivity contribution is 0.579. The predicted octanol–water partition coefficient (Wildman–Crippen LogP) is 3.57. The Hall–Kier alpha value is 1.83. The van der Waals surface area contributed by atoms with Crippen LogP contribution in [0.5, 0.6) is 0 Å². The lowest BCUT2D eigenvalue weighted by Crippen LogP contribution is -2.40. The Kier molecular flexibility index (Phi) is 5.10. The van der Waals surface area contributed by atoms with Crippen LogP contribution in [-0.2, 0) is 4.12 Å². The van der Waals surface area contributed by atoms with Crippen molar-refractivity contribution in [2.24, 2.45) is 0 Å². The molecule has 0 saturated heterocycles. The lowest BCUT2D eigenvalue weighted by Gasteiger charge is -2.28. The monoisotopic (exact) mass is 382 g/mol. The van der Waals surface area contributed by atoms with Crippen LogP contribution in [0.15, 0.2) is 0 Å². The summed E-state index contributed by atoms with van der Waals surface area (Å²) >= 11 is 10.5. The summed E-state index contributed by atoms with van der Waals surface area (Å²) in [6.07, 6.45) is 0. The molecule has 1 unspecified atom stereocenters. The van der Waals surface area contributed by atoms with Gasteiger partial charge in [-0.15, -0.1) is 0 Å². The Bertz CT molecular complexity index is 129. The Morgan fingerprint density at radius 3 is 1.64 bits per heavy atom. The SMILES string of the molecule is C[SiH](O[Si](C)(C)C)C(Br)(Br)Br. The number of alkyl halides is 3. The van der Waals surface area contributed by atoms with Gasteiger partial charge in [0.15, 0.2) is 8.32 Å². The molecule has 0 saturated carbocycles. The molecule has 0 aliphatic heterocycles. The van der Waals surface area contributed by atoms with E-state index in [1.807, 2.05) is 0 Å². The standard InChI is InChI=1S/C5H13Br3OSi2/c1-10(5(6,7)8)9-11(2,3)4/h10H,1-4H3. The van der Waals surface area contributed by atoms with Crippen molar-refractivity contribution >= 4 is 65.1 Å². The van der Waals surface area contributed by atoms with Gasteiger partial charge in [-0.25, -0.2) is 0 Å². The molecule has 0 rings (SSSR count). The molecule has 0 bridgehead atoms. The molecule has 0 aromatic rings.